The number of rotatable bonds is 2. The molecule has 0 saturated heterocycles. The van der Waals surface area contributed by atoms with Crippen molar-refractivity contribution in [3.63, 3.8) is 0 Å². The molecule has 0 saturated carbocycles. The van der Waals surface area contributed by atoms with Gasteiger partial charge in [-0.3, -0.25) is 0 Å². The van der Waals surface area contributed by atoms with E-state index in [9.17, 15) is 4.79 Å². The molecule has 0 amide bonds. The summed E-state index contributed by atoms with van der Waals surface area (Å²) in [6.07, 6.45) is 4.59. The van der Waals surface area contributed by atoms with Crippen LogP contribution in [0.1, 0.15) is 11.1 Å². The quantitative estimate of drug-likeness (QED) is 0.573. The zero-order valence-corrected chi connectivity index (χ0v) is 10.3. The molecule has 0 aliphatic heterocycles. The van der Waals surface area contributed by atoms with E-state index >= 15 is 0 Å². The van der Waals surface area contributed by atoms with Crippen LogP contribution in [-0.4, -0.2) is 6.08 Å². The van der Waals surface area contributed by atoms with Crippen molar-refractivity contribution in [1.82, 2.24) is 0 Å². The van der Waals surface area contributed by atoms with Gasteiger partial charge in [0.1, 0.15) is 0 Å². The summed E-state index contributed by atoms with van der Waals surface area (Å²) >= 11 is 0. The molecule has 2 aromatic carbocycles. The minimum absolute atomic E-state index is 1.02. The number of hydrogen-bond donors (Lipinski definition) is 0. The van der Waals surface area contributed by atoms with Gasteiger partial charge in [-0.15, -0.1) is 0 Å². The van der Waals surface area contributed by atoms with Crippen molar-refractivity contribution in [2.24, 2.45) is 4.99 Å². The van der Waals surface area contributed by atoms with Crippen molar-refractivity contribution in [3.8, 4) is 0 Å². The minimum atomic E-state index is 1.02. The number of benzene rings is 2. The molecule has 2 aromatic rings. The molecule has 0 unspecified atom stereocenters. The summed E-state index contributed by atoms with van der Waals surface area (Å²) in [7, 11) is 0. The van der Waals surface area contributed by atoms with Crippen LogP contribution in [0.2, 0.25) is 0 Å². The highest BCUT2D eigenvalue weighted by Gasteiger charge is 1.79. The first-order valence-corrected chi connectivity index (χ1v) is 5.63. The van der Waals surface area contributed by atoms with E-state index in [1.54, 1.807) is 6.08 Å². The molecule has 0 aliphatic rings. The lowest BCUT2D eigenvalue weighted by atomic mass is 10.2. The summed E-state index contributed by atoms with van der Waals surface area (Å²) in [4.78, 5) is 12.9. The Kier molecular flexibility index (Phi) is 6.57. The molecule has 2 nitrogen and oxygen atoms in total. The third kappa shape index (κ3) is 6.21. The van der Waals surface area contributed by atoms with Gasteiger partial charge < -0.3 is 0 Å². The van der Waals surface area contributed by atoms with Crippen LogP contribution in [0.3, 0.4) is 0 Å². The number of aliphatic imine (C=N–C) groups is 1. The molecule has 0 radical (unpaired) electrons. The van der Waals surface area contributed by atoms with Gasteiger partial charge in [-0.05, 0) is 18.6 Å². The fourth-order valence-electron chi connectivity index (χ4n) is 1.25. The molecule has 2 heteroatoms. The summed E-state index contributed by atoms with van der Waals surface area (Å²) in [5, 5.41) is 0. The fourth-order valence-corrected chi connectivity index (χ4v) is 1.25. The highest BCUT2D eigenvalue weighted by molar-refractivity contribution is 5.50. The van der Waals surface area contributed by atoms with Crippen molar-refractivity contribution in [1.29, 1.82) is 0 Å². The fraction of sp³-hybridized carbons (Fsp3) is 0.0625. The summed E-state index contributed by atoms with van der Waals surface area (Å²) < 4.78 is 0. The molecule has 90 valence electrons. The maximum absolute atomic E-state index is 9.65. The summed E-state index contributed by atoms with van der Waals surface area (Å²) in [5.41, 5.74) is 2.34. The summed E-state index contributed by atoms with van der Waals surface area (Å²) in [6.45, 7) is 2.08. The van der Waals surface area contributed by atoms with E-state index in [1.807, 2.05) is 48.5 Å². The lowest BCUT2D eigenvalue weighted by molar-refractivity contribution is 0.565. The van der Waals surface area contributed by atoms with Gasteiger partial charge in [0.25, 0.3) is 0 Å². The summed E-state index contributed by atoms with van der Waals surface area (Å²) in [5.74, 6) is 0. The molecule has 2 rings (SSSR count). The number of nitrogens with zero attached hydrogens (tertiary/aromatic N) is 1. The molecule has 0 aliphatic carbocycles. The highest BCUT2D eigenvalue weighted by atomic mass is 16.1. The Morgan fingerprint density at radius 3 is 1.94 bits per heavy atom. The second kappa shape index (κ2) is 8.68. The van der Waals surface area contributed by atoms with Crippen LogP contribution in [0.5, 0.6) is 0 Å². The van der Waals surface area contributed by atoms with Gasteiger partial charge in [0.15, 0.2) is 0 Å². The molecule has 0 N–H and O–H groups in total. The van der Waals surface area contributed by atoms with Crippen LogP contribution in [0.15, 0.2) is 71.9 Å². The van der Waals surface area contributed by atoms with Gasteiger partial charge in [-0.25, -0.2) is 4.79 Å². The van der Waals surface area contributed by atoms with Gasteiger partial charge in [0.2, 0.25) is 6.08 Å². The molecule has 18 heavy (non-hydrogen) atoms. The van der Waals surface area contributed by atoms with Gasteiger partial charge >= 0.3 is 0 Å². The Morgan fingerprint density at radius 2 is 1.50 bits per heavy atom. The highest BCUT2D eigenvalue weighted by Crippen LogP contribution is 2.00. The van der Waals surface area contributed by atoms with Crippen LogP contribution >= 0.6 is 0 Å². The SMILES string of the molecule is Cc1ccccc1.O=C=NC=Cc1ccccc1. The number of isocyanates is 1. The van der Waals surface area contributed by atoms with E-state index in [4.69, 9.17) is 0 Å². The van der Waals surface area contributed by atoms with Crippen LogP contribution in [0.4, 0.5) is 0 Å². The first-order valence-electron chi connectivity index (χ1n) is 5.63. The first kappa shape index (κ1) is 13.6. The monoisotopic (exact) mass is 237 g/mol. The second-order valence-electron chi connectivity index (χ2n) is 3.60. The Bertz CT molecular complexity index is 511. The third-order valence-electron chi connectivity index (χ3n) is 2.13. The molecular weight excluding hydrogens is 222 g/mol. The lowest BCUT2D eigenvalue weighted by Gasteiger charge is -1.86. The summed E-state index contributed by atoms with van der Waals surface area (Å²) in [6, 6.07) is 19.9. The van der Waals surface area contributed by atoms with E-state index in [0.717, 1.165) is 5.56 Å². The first-order chi connectivity index (χ1) is 8.83. The molecule has 0 heterocycles. The smallest absolute Gasteiger partial charge is 0.211 e. The van der Waals surface area contributed by atoms with Gasteiger partial charge in [-0.2, -0.15) is 4.99 Å². The zero-order valence-electron chi connectivity index (χ0n) is 10.3. The standard InChI is InChI=1S/C9H7NO.C7H8/c11-8-10-7-6-9-4-2-1-3-5-9;1-7-5-3-2-4-6-7/h1-7H;2-6H,1H3. The average molecular weight is 237 g/mol. The van der Waals surface area contributed by atoms with Gasteiger partial charge in [0, 0.05) is 6.20 Å². The lowest BCUT2D eigenvalue weighted by Crippen LogP contribution is -1.66. The maximum Gasteiger partial charge on any atom is 0.239 e. The number of hydrogen-bond acceptors (Lipinski definition) is 2. The van der Waals surface area contributed by atoms with Crippen molar-refractivity contribution in [2.75, 3.05) is 0 Å². The molecule has 0 fully saturated rings. The van der Waals surface area contributed by atoms with Crippen molar-refractivity contribution in [3.05, 3.63) is 78.0 Å². The van der Waals surface area contributed by atoms with Gasteiger partial charge in [0.05, 0.1) is 0 Å². The molecule has 0 bridgehead atoms. The Balaban J connectivity index is 0.000000199. The van der Waals surface area contributed by atoms with Crippen molar-refractivity contribution < 1.29 is 4.79 Å². The van der Waals surface area contributed by atoms with Crippen molar-refractivity contribution >= 4 is 12.2 Å². The maximum atomic E-state index is 9.65. The van der Waals surface area contributed by atoms with Crippen LogP contribution in [-0.2, 0) is 4.79 Å². The third-order valence-corrected chi connectivity index (χ3v) is 2.13. The Labute approximate surface area is 107 Å². The molecule has 0 atom stereocenters. The molecule has 0 spiro atoms. The van der Waals surface area contributed by atoms with Crippen LogP contribution in [0.25, 0.3) is 6.08 Å². The Hall–Kier alpha value is -2.44. The average Bonchev–Trinajstić information content (AvgIpc) is 2.42. The van der Waals surface area contributed by atoms with E-state index in [2.05, 4.69) is 24.0 Å². The number of aryl methyl sites for hydroxylation is 1. The van der Waals surface area contributed by atoms with Crippen molar-refractivity contribution in [2.45, 2.75) is 6.92 Å². The molecule has 0 aromatic heterocycles. The predicted octanol–water partition coefficient (Wildman–Crippen LogP) is 3.99. The van der Waals surface area contributed by atoms with E-state index in [0.29, 0.717) is 0 Å². The Morgan fingerprint density at radius 1 is 0.944 bits per heavy atom. The normalized spacial score (nSPS) is 9.17. The zero-order chi connectivity index (χ0) is 13.1. The van der Waals surface area contributed by atoms with E-state index < -0.39 is 0 Å². The minimum Gasteiger partial charge on any atom is -0.211 e. The van der Waals surface area contributed by atoms with Crippen LogP contribution in [0, 0.1) is 6.92 Å². The largest absolute Gasteiger partial charge is 0.239 e. The predicted molar refractivity (Wildman–Crippen MR) is 74.8 cm³/mol. The topological polar surface area (TPSA) is 29.4 Å². The second-order valence-corrected chi connectivity index (χ2v) is 3.60. The van der Waals surface area contributed by atoms with E-state index in [-0.39, 0.29) is 0 Å². The molecular formula is C16H15NO. The van der Waals surface area contributed by atoms with Crippen LogP contribution < -0.4 is 0 Å². The number of carbonyl (C=O) groups excluding carboxylic acids is 1. The van der Waals surface area contributed by atoms with Gasteiger partial charge in [-0.1, -0.05) is 66.2 Å². The van der Waals surface area contributed by atoms with E-state index in [1.165, 1.54) is 17.8 Å².